The topological polar surface area (TPSA) is 51.4 Å². The number of nitrogens with zero attached hydrogens (tertiary/aromatic N) is 3. The number of ether oxygens (including phenoxy) is 1. The molecule has 124 valence electrons. The third kappa shape index (κ3) is 1.68. The first-order valence-corrected chi connectivity index (χ1v) is 8.55. The van der Waals surface area contributed by atoms with Gasteiger partial charge in [0.15, 0.2) is 11.4 Å². The van der Waals surface area contributed by atoms with Crippen molar-refractivity contribution in [2.24, 2.45) is 11.3 Å². The number of fused-ring (bicyclic) bond motifs is 4. The molecule has 3 aromatic rings. The summed E-state index contributed by atoms with van der Waals surface area (Å²) in [4.78, 5) is 11.3. The van der Waals surface area contributed by atoms with Crippen LogP contribution in [-0.4, -0.2) is 35.8 Å². The van der Waals surface area contributed by atoms with Gasteiger partial charge in [0.2, 0.25) is 0 Å². The van der Waals surface area contributed by atoms with E-state index in [0.29, 0.717) is 18.1 Å². The summed E-state index contributed by atoms with van der Waals surface area (Å²) >= 11 is 0. The van der Waals surface area contributed by atoms with Crippen molar-refractivity contribution in [3.63, 3.8) is 0 Å². The highest BCUT2D eigenvalue weighted by Crippen LogP contribution is 2.55. The van der Waals surface area contributed by atoms with Crippen molar-refractivity contribution < 1.29 is 9.15 Å². The van der Waals surface area contributed by atoms with Crippen LogP contribution in [-0.2, 0) is 4.74 Å². The van der Waals surface area contributed by atoms with Gasteiger partial charge in [-0.05, 0) is 18.6 Å². The van der Waals surface area contributed by atoms with Crippen LogP contribution in [0.2, 0.25) is 0 Å². The van der Waals surface area contributed by atoms with Gasteiger partial charge in [-0.25, -0.2) is 9.97 Å². The van der Waals surface area contributed by atoms with Gasteiger partial charge in [0.25, 0.3) is 0 Å². The fraction of sp³-hybridized carbons (Fsp3) is 0.474. The summed E-state index contributed by atoms with van der Waals surface area (Å²) in [5.41, 5.74) is 2.63. The smallest absolute Gasteiger partial charge is 0.196 e. The number of furan rings is 1. The van der Waals surface area contributed by atoms with E-state index >= 15 is 0 Å². The molecule has 0 spiro atoms. The Morgan fingerprint density at radius 3 is 2.92 bits per heavy atom. The minimum absolute atomic E-state index is 0.110. The second kappa shape index (κ2) is 4.70. The van der Waals surface area contributed by atoms with Crippen LogP contribution in [0.15, 0.2) is 35.0 Å². The number of para-hydroxylation sites is 1. The van der Waals surface area contributed by atoms with Crippen LogP contribution < -0.4 is 4.90 Å². The summed E-state index contributed by atoms with van der Waals surface area (Å²) in [7, 11) is 2.12. The highest BCUT2D eigenvalue weighted by molar-refractivity contribution is 6.05. The summed E-state index contributed by atoms with van der Waals surface area (Å²) in [6.07, 6.45) is 3.12. The predicted molar refractivity (Wildman–Crippen MR) is 93.1 cm³/mol. The first-order chi connectivity index (χ1) is 11.6. The molecule has 1 aliphatic heterocycles. The zero-order chi connectivity index (χ0) is 16.5. The van der Waals surface area contributed by atoms with E-state index in [2.05, 4.69) is 35.8 Å². The van der Waals surface area contributed by atoms with Crippen LogP contribution in [0, 0.1) is 11.3 Å². The largest absolute Gasteiger partial charge is 0.450 e. The molecule has 2 aromatic heterocycles. The molecule has 3 atom stereocenters. The molecule has 1 saturated heterocycles. The van der Waals surface area contributed by atoms with Crippen molar-refractivity contribution >= 4 is 27.9 Å². The average molecular weight is 323 g/mol. The molecule has 0 radical (unpaired) electrons. The second-order valence-corrected chi connectivity index (χ2v) is 7.59. The molecule has 1 aliphatic carbocycles. The standard InChI is InChI=1S/C19H21N3O2/c1-19(2)16(12-8-9-23-17(12)19)22(3)18-15-14(20-10-21-18)11-6-4-5-7-13(11)24-15/h4-7,10,12,16-17H,8-9H2,1-3H3. The highest BCUT2D eigenvalue weighted by Gasteiger charge is 2.61. The summed E-state index contributed by atoms with van der Waals surface area (Å²) in [6.45, 7) is 5.45. The van der Waals surface area contributed by atoms with E-state index in [1.807, 2.05) is 24.3 Å². The number of aromatic nitrogens is 2. The third-order valence-corrected chi connectivity index (χ3v) is 5.93. The molecule has 2 fully saturated rings. The van der Waals surface area contributed by atoms with Crippen molar-refractivity contribution in [3.05, 3.63) is 30.6 Å². The van der Waals surface area contributed by atoms with Crippen molar-refractivity contribution in [2.75, 3.05) is 18.6 Å². The fourth-order valence-electron chi connectivity index (χ4n) is 4.98. The van der Waals surface area contributed by atoms with Crippen molar-refractivity contribution in [2.45, 2.75) is 32.4 Å². The van der Waals surface area contributed by atoms with Gasteiger partial charge in [0, 0.05) is 36.4 Å². The molecule has 5 nitrogen and oxygen atoms in total. The molecule has 0 N–H and O–H groups in total. The number of hydrogen-bond acceptors (Lipinski definition) is 5. The lowest BCUT2D eigenvalue weighted by atomic mass is 9.57. The fourth-order valence-corrected chi connectivity index (χ4v) is 4.98. The molecule has 5 rings (SSSR count). The number of hydrogen-bond donors (Lipinski definition) is 0. The third-order valence-electron chi connectivity index (χ3n) is 5.93. The number of rotatable bonds is 2. The maximum atomic E-state index is 6.11. The monoisotopic (exact) mass is 323 g/mol. The van der Waals surface area contributed by atoms with Crippen LogP contribution in [0.4, 0.5) is 5.82 Å². The Morgan fingerprint density at radius 1 is 1.21 bits per heavy atom. The van der Waals surface area contributed by atoms with Gasteiger partial charge in [0.1, 0.15) is 17.4 Å². The van der Waals surface area contributed by atoms with Crippen molar-refractivity contribution in [1.82, 2.24) is 9.97 Å². The Kier molecular flexibility index (Phi) is 2.78. The summed E-state index contributed by atoms with van der Waals surface area (Å²) in [5.74, 6) is 1.44. The van der Waals surface area contributed by atoms with Gasteiger partial charge >= 0.3 is 0 Å². The Bertz CT molecular complexity index is 933. The van der Waals surface area contributed by atoms with E-state index in [1.165, 1.54) is 0 Å². The quantitative estimate of drug-likeness (QED) is 0.721. The molecule has 0 bridgehead atoms. The summed E-state index contributed by atoms with van der Waals surface area (Å²) < 4.78 is 12.0. The van der Waals surface area contributed by atoms with E-state index in [9.17, 15) is 0 Å². The Labute approximate surface area is 140 Å². The first kappa shape index (κ1) is 14.2. The molecular formula is C19H21N3O2. The van der Waals surface area contributed by atoms with Crippen LogP contribution >= 0.6 is 0 Å². The van der Waals surface area contributed by atoms with E-state index in [4.69, 9.17) is 9.15 Å². The highest BCUT2D eigenvalue weighted by atomic mass is 16.5. The molecule has 1 saturated carbocycles. The molecule has 24 heavy (non-hydrogen) atoms. The Morgan fingerprint density at radius 2 is 2.04 bits per heavy atom. The van der Waals surface area contributed by atoms with Crippen molar-refractivity contribution in [1.29, 1.82) is 0 Å². The van der Waals surface area contributed by atoms with Crippen LogP contribution in [0.5, 0.6) is 0 Å². The maximum absolute atomic E-state index is 6.11. The predicted octanol–water partition coefficient (Wildman–Crippen LogP) is 3.63. The SMILES string of the molecule is CN(c1ncnc2c1oc1ccccc12)C1C2CCOC2C1(C)C. The van der Waals surface area contributed by atoms with E-state index < -0.39 is 0 Å². The molecular weight excluding hydrogens is 302 g/mol. The normalized spacial score (nSPS) is 28.0. The lowest BCUT2D eigenvalue weighted by Gasteiger charge is -2.57. The van der Waals surface area contributed by atoms with Crippen LogP contribution in [0.3, 0.4) is 0 Å². The first-order valence-electron chi connectivity index (χ1n) is 8.55. The lowest BCUT2D eigenvalue weighted by Crippen LogP contribution is -2.66. The average Bonchev–Trinajstić information content (AvgIpc) is 3.17. The Balaban J connectivity index is 1.64. The lowest BCUT2D eigenvalue weighted by molar-refractivity contribution is -0.101. The van der Waals surface area contributed by atoms with Gasteiger partial charge < -0.3 is 14.1 Å². The number of benzene rings is 1. The molecule has 3 unspecified atom stereocenters. The molecule has 5 heteroatoms. The molecule has 3 heterocycles. The minimum Gasteiger partial charge on any atom is -0.450 e. The van der Waals surface area contributed by atoms with E-state index in [-0.39, 0.29) is 5.41 Å². The van der Waals surface area contributed by atoms with E-state index in [1.54, 1.807) is 6.33 Å². The van der Waals surface area contributed by atoms with Crippen molar-refractivity contribution in [3.8, 4) is 0 Å². The van der Waals surface area contributed by atoms with Crippen LogP contribution in [0.1, 0.15) is 20.3 Å². The zero-order valence-corrected chi connectivity index (χ0v) is 14.2. The van der Waals surface area contributed by atoms with E-state index in [0.717, 1.165) is 40.9 Å². The molecule has 0 amide bonds. The van der Waals surface area contributed by atoms with Gasteiger partial charge in [0.05, 0.1) is 6.10 Å². The van der Waals surface area contributed by atoms with Gasteiger partial charge in [-0.1, -0.05) is 26.0 Å². The summed E-state index contributed by atoms with van der Waals surface area (Å²) in [5, 5.41) is 1.04. The molecule has 2 aliphatic rings. The zero-order valence-electron chi connectivity index (χ0n) is 14.2. The Hall–Kier alpha value is -2.14. The summed E-state index contributed by atoms with van der Waals surface area (Å²) in [6, 6.07) is 8.42. The minimum atomic E-state index is 0.110. The van der Waals surface area contributed by atoms with Gasteiger partial charge in [-0.3, -0.25) is 0 Å². The van der Waals surface area contributed by atoms with Crippen LogP contribution in [0.25, 0.3) is 22.1 Å². The maximum Gasteiger partial charge on any atom is 0.196 e. The van der Waals surface area contributed by atoms with Gasteiger partial charge in [-0.15, -0.1) is 0 Å². The number of anilines is 1. The second-order valence-electron chi connectivity index (χ2n) is 7.59. The van der Waals surface area contributed by atoms with Gasteiger partial charge in [-0.2, -0.15) is 0 Å². The molecule has 1 aromatic carbocycles.